The van der Waals surface area contributed by atoms with Crippen molar-refractivity contribution in [1.82, 2.24) is 13.7 Å². The van der Waals surface area contributed by atoms with Gasteiger partial charge in [0.25, 0.3) is 0 Å². The Bertz CT molecular complexity index is 8890. The van der Waals surface area contributed by atoms with Crippen molar-refractivity contribution in [2.24, 2.45) is 0 Å². The quantitative estimate of drug-likeness (QED) is 0.172. The van der Waals surface area contributed by atoms with Crippen molar-refractivity contribution in [3.8, 4) is 117 Å². The Labute approximate surface area is 701 Å². The topological polar surface area (TPSA) is 41.1 Å². The molecule has 0 saturated heterocycles. The molecule has 122 heavy (non-hydrogen) atoms. The molecule has 0 N–H and O–H groups in total. The van der Waals surface area contributed by atoms with Crippen molar-refractivity contribution in [2.75, 3.05) is 0 Å². The van der Waals surface area contributed by atoms with Gasteiger partial charge in [0.1, 0.15) is 22.3 Å². The summed E-state index contributed by atoms with van der Waals surface area (Å²) < 4.78 is 19.9. The van der Waals surface area contributed by atoms with Crippen molar-refractivity contribution in [3.05, 3.63) is 405 Å². The van der Waals surface area contributed by atoms with Crippen LogP contribution in [0.15, 0.2) is 403 Å². The fourth-order valence-corrected chi connectivity index (χ4v) is 22.1. The highest BCUT2D eigenvalue weighted by Crippen LogP contribution is 2.57. The summed E-state index contributed by atoms with van der Waals surface area (Å²) in [5.41, 5.74) is 40.8. The van der Waals surface area contributed by atoms with Crippen LogP contribution in [0, 0.1) is 0 Å². The molecule has 25 aromatic rings. The molecular formula is C117H71N3O2. The van der Waals surface area contributed by atoms with Gasteiger partial charge in [0.2, 0.25) is 0 Å². The van der Waals surface area contributed by atoms with Gasteiger partial charge < -0.3 is 22.5 Å². The highest BCUT2D eigenvalue weighted by Gasteiger charge is 2.39. The minimum atomic E-state index is -0.0946. The Kier molecular flexibility index (Phi) is 13.8. The molecule has 566 valence electrons. The third kappa shape index (κ3) is 9.42. The number of fused-ring (bicyclic) bond motifs is 28. The van der Waals surface area contributed by atoms with Gasteiger partial charge >= 0.3 is 0 Å². The van der Waals surface area contributed by atoms with Crippen LogP contribution in [0.4, 0.5) is 0 Å². The second-order valence-electron chi connectivity index (χ2n) is 34.0. The SMILES string of the molecule is CC1(C)c2ccccc2-c2ccc3c4ccccc4n(-c4ccc5c6c(cccc46)-c4ccccc4-5)c3c21.c1cc(-c2ccc3c(c2)-c2cccc4cccc-3c24)cc(-n2c3ccccc3c3cc4c(cc32)oc2ccccc24)c1.c1cc2c3c(cccc3c1)-c1cc(-c3ccc(-n4c5ccccc5c5cc6c(cc54)oc4ccccc46)cc3)ccc1-2. The van der Waals surface area contributed by atoms with Crippen LogP contribution in [0.2, 0.25) is 0 Å². The molecule has 0 bridgehead atoms. The molecule has 5 nitrogen and oxygen atoms in total. The van der Waals surface area contributed by atoms with Crippen molar-refractivity contribution < 1.29 is 8.83 Å². The van der Waals surface area contributed by atoms with Crippen LogP contribution in [0.5, 0.6) is 0 Å². The van der Waals surface area contributed by atoms with Gasteiger partial charge in [0.15, 0.2) is 0 Å². The summed E-state index contributed by atoms with van der Waals surface area (Å²) in [6.07, 6.45) is 0. The zero-order chi connectivity index (χ0) is 79.9. The van der Waals surface area contributed by atoms with E-state index in [9.17, 15) is 0 Å². The first-order chi connectivity index (χ1) is 60.3. The largest absolute Gasteiger partial charge is 0.456 e. The van der Waals surface area contributed by atoms with E-state index < -0.39 is 0 Å². The van der Waals surface area contributed by atoms with Gasteiger partial charge in [-0.05, 0) is 223 Å². The molecular weight excluding hydrogens is 1480 g/mol. The number of benzene rings is 20. The summed E-state index contributed by atoms with van der Waals surface area (Å²) in [7, 11) is 0. The van der Waals surface area contributed by atoms with E-state index in [0.29, 0.717) is 0 Å². The number of rotatable bonds is 5. The van der Waals surface area contributed by atoms with Crippen LogP contribution in [0.25, 0.3) is 259 Å². The molecule has 29 rings (SSSR count). The van der Waals surface area contributed by atoms with E-state index in [-0.39, 0.29) is 5.41 Å². The summed E-state index contributed by atoms with van der Waals surface area (Å²) in [6.45, 7) is 4.78. The van der Waals surface area contributed by atoms with Gasteiger partial charge in [-0.2, -0.15) is 0 Å². The van der Waals surface area contributed by atoms with Gasteiger partial charge in [0, 0.05) is 88.2 Å². The van der Waals surface area contributed by atoms with E-state index in [1.165, 1.54) is 204 Å². The van der Waals surface area contributed by atoms with E-state index in [4.69, 9.17) is 8.83 Å². The maximum Gasteiger partial charge on any atom is 0.137 e. The Morgan fingerprint density at radius 3 is 1.19 bits per heavy atom. The summed E-state index contributed by atoms with van der Waals surface area (Å²) in [6, 6.07) is 144. The second kappa shape index (κ2) is 25.1. The van der Waals surface area contributed by atoms with E-state index in [0.717, 1.165) is 66.3 Å². The highest BCUT2D eigenvalue weighted by molar-refractivity contribution is 6.23. The molecule has 5 aromatic heterocycles. The molecule has 0 fully saturated rings. The zero-order valence-electron chi connectivity index (χ0n) is 66.7. The summed E-state index contributed by atoms with van der Waals surface area (Å²) in [5.74, 6) is 0. The Morgan fingerprint density at radius 1 is 0.205 bits per heavy atom. The first-order valence-electron chi connectivity index (χ1n) is 42.3. The third-order valence-electron chi connectivity index (χ3n) is 27.4. The molecule has 0 saturated carbocycles. The van der Waals surface area contributed by atoms with Crippen LogP contribution in [0.3, 0.4) is 0 Å². The Hall–Kier alpha value is -15.8. The van der Waals surface area contributed by atoms with Gasteiger partial charge in [-0.3, -0.25) is 0 Å². The Balaban J connectivity index is 0.0000000963. The van der Waals surface area contributed by atoms with E-state index in [1.54, 1.807) is 0 Å². The number of hydrogen-bond acceptors (Lipinski definition) is 2. The lowest BCUT2D eigenvalue weighted by Crippen LogP contribution is -2.16. The first-order valence-corrected chi connectivity index (χ1v) is 42.3. The normalized spacial score (nSPS) is 12.9. The van der Waals surface area contributed by atoms with Crippen molar-refractivity contribution in [2.45, 2.75) is 19.3 Å². The number of nitrogens with zero attached hydrogens (tertiary/aromatic N) is 3. The molecule has 0 unspecified atom stereocenters. The monoisotopic (exact) mass is 1550 g/mol. The average Bonchev–Trinajstić information content (AvgIpc) is 1.53. The van der Waals surface area contributed by atoms with Crippen LogP contribution in [-0.2, 0) is 5.41 Å². The molecule has 0 spiro atoms. The van der Waals surface area contributed by atoms with E-state index >= 15 is 0 Å². The number of aromatic nitrogens is 3. The van der Waals surface area contributed by atoms with Crippen LogP contribution >= 0.6 is 0 Å². The van der Waals surface area contributed by atoms with Gasteiger partial charge in [0.05, 0.1) is 38.8 Å². The summed E-state index contributed by atoms with van der Waals surface area (Å²) >= 11 is 0. The third-order valence-corrected chi connectivity index (χ3v) is 27.4. The predicted molar refractivity (Wildman–Crippen MR) is 511 cm³/mol. The van der Waals surface area contributed by atoms with Crippen LogP contribution in [0.1, 0.15) is 25.0 Å². The lowest BCUT2D eigenvalue weighted by Gasteiger charge is -2.24. The highest BCUT2D eigenvalue weighted by atomic mass is 16.3. The molecule has 0 aliphatic heterocycles. The lowest BCUT2D eigenvalue weighted by molar-refractivity contribution is 0.664. The van der Waals surface area contributed by atoms with Gasteiger partial charge in [-0.25, -0.2) is 0 Å². The molecule has 20 aromatic carbocycles. The molecule has 4 aliphatic carbocycles. The number of para-hydroxylation sites is 5. The van der Waals surface area contributed by atoms with Gasteiger partial charge in [-0.1, -0.05) is 311 Å². The summed E-state index contributed by atoms with van der Waals surface area (Å²) in [4.78, 5) is 0. The molecule has 0 atom stereocenters. The molecule has 5 heterocycles. The zero-order valence-corrected chi connectivity index (χ0v) is 66.7. The molecule has 5 heteroatoms. The van der Waals surface area contributed by atoms with Gasteiger partial charge in [-0.15, -0.1) is 0 Å². The maximum absolute atomic E-state index is 6.32. The average molecular weight is 1550 g/mol. The predicted octanol–water partition coefficient (Wildman–Crippen LogP) is 32.2. The van der Waals surface area contributed by atoms with Crippen molar-refractivity contribution >= 4 is 142 Å². The van der Waals surface area contributed by atoms with Crippen LogP contribution < -0.4 is 0 Å². The smallest absolute Gasteiger partial charge is 0.137 e. The molecule has 0 amide bonds. The second-order valence-corrected chi connectivity index (χ2v) is 34.0. The standard InChI is InChI=1S/2C40H23NO.C37H25N/c1-3-16-36-29(12-1)34-22-35-30-13-2-4-17-38(30)42-39(35)23-37(34)41(36)27-11-5-10-25(20-27)26-18-19-28-31-14-6-8-24-9-7-15-32(40(24)31)33(28)21-26;1-3-13-36-29(9-1)34-22-35-30-10-2-4-14-38(30)42-39(35)23-37(34)41(36)27-18-15-24(16-19-27)26-17-20-28-31-11-5-7-25-8-6-12-32(40(25)31)33(28)21-26;1-37(2)31-16-7-5-12-24(31)28-18-19-29-25-13-6-8-17-32(25)38(36(29)35(28)37)33-21-20-27-23-11-4-3-10-22(23)26-14-9-15-30(33)34(26)27/h2*1-23H;3-21H,1-2H3. The van der Waals surface area contributed by atoms with E-state index in [2.05, 4.69) is 398 Å². The van der Waals surface area contributed by atoms with Crippen molar-refractivity contribution in [1.29, 1.82) is 0 Å². The fraction of sp³-hybridized carbons (Fsp3) is 0.0256. The van der Waals surface area contributed by atoms with Crippen molar-refractivity contribution in [3.63, 3.8) is 0 Å². The first kappa shape index (κ1) is 67.2. The Morgan fingerprint density at radius 2 is 0.607 bits per heavy atom. The summed E-state index contributed by atoms with van der Waals surface area (Å²) in [5, 5.41) is 20.2. The maximum atomic E-state index is 6.32. The fourth-order valence-electron chi connectivity index (χ4n) is 22.1. The minimum Gasteiger partial charge on any atom is -0.456 e. The van der Waals surface area contributed by atoms with E-state index in [1.807, 2.05) is 24.3 Å². The number of furan rings is 2. The minimum absolute atomic E-state index is 0.0946. The number of hydrogen-bond donors (Lipinski definition) is 0. The van der Waals surface area contributed by atoms with Crippen LogP contribution in [-0.4, -0.2) is 13.7 Å². The molecule has 4 aliphatic rings. The molecule has 0 radical (unpaired) electrons. The lowest BCUT2D eigenvalue weighted by atomic mass is 9.81.